The van der Waals surface area contributed by atoms with Crippen molar-refractivity contribution in [3.63, 3.8) is 0 Å². The molecule has 2 heterocycles. The summed E-state index contributed by atoms with van der Waals surface area (Å²) in [5, 5.41) is 4.12. The van der Waals surface area contributed by atoms with Gasteiger partial charge in [-0.2, -0.15) is 5.10 Å². The average molecular weight is 338 g/mol. The summed E-state index contributed by atoms with van der Waals surface area (Å²) in [6.45, 7) is 1.78. The fourth-order valence-corrected chi connectivity index (χ4v) is 3.29. The van der Waals surface area contributed by atoms with Crippen molar-refractivity contribution in [1.82, 2.24) is 14.6 Å². The average Bonchev–Trinajstić information content (AvgIpc) is 2.81. The minimum absolute atomic E-state index is 0.178. The Morgan fingerprint density at radius 1 is 1.26 bits per heavy atom. The number of anilines is 1. The van der Waals surface area contributed by atoms with E-state index in [1.807, 2.05) is 0 Å². The summed E-state index contributed by atoms with van der Waals surface area (Å²) >= 11 is 0. The molecule has 2 aromatic heterocycles. The van der Waals surface area contributed by atoms with Crippen LogP contribution in [-0.2, 0) is 15.8 Å². The van der Waals surface area contributed by atoms with Gasteiger partial charge in [-0.05, 0) is 25.1 Å². The minimum Gasteiger partial charge on any atom is -0.280 e. The largest absolute Gasteiger partial charge is 0.280 e. The quantitative estimate of drug-likeness (QED) is 0.792. The third-order valence-corrected chi connectivity index (χ3v) is 4.30. The molecule has 0 saturated carbocycles. The summed E-state index contributed by atoms with van der Waals surface area (Å²) in [6, 6.07) is 4.41. The molecule has 0 radical (unpaired) electrons. The van der Waals surface area contributed by atoms with Crippen molar-refractivity contribution in [2.75, 3.05) is 4.72 Å². The molecule has 0 atom stereocenters. The van der Waals surface area contributed by atoms with Crippen LogP contribution in [0.1, 0.15) is 11.3 Å². The van der Waals surface area contributed by atoms with Gasteiger partial charge in [0, 0.05) is 11.6 Å². The van der Waals surface area contributed by atoms with Crippen LogP contribution in [0.15, 0.2) is 36.7 Å². The second kappa shape index (κ2) is 5.58. The number of nitrogens with zero attached hydrogens (tertiary/aromatic N) is 3. The number of fused-ring (bicyclic) bond motifs is 1. The smallest absolute Gasteiger partial charge is 0.237 e. The first-order chi connectivity index (χ1) is 10.8. The molecule has 6 nitrogen and oxygen atoms in total. The highest BCUT2D eigenvalue weighted by Gasteiger charge is 2.16. The number of sulfonamides is 1. The normalized spacial score (nSPS) is 11.8. The summed E-state index contributed by atoms with van der Waals surface area (Å²) in [6.07, 6.45) is 2.78. The lowest BCUT2D eigenvalue weighted by Gasteiger charge is -2.08. The van der Waals surface area contributed by atoms with E-state index in [0.717, 1.165) is 23.9 Å². The minimum atomic E-state index is -3.93. The van der Waals surface area contributed by atoms with E-state index in [1.165, 1.54) is 16.9 Å². The van der Waals surface area contributed by atoms with Crippen LogP contribution >= 0.6 is 0 Å². The van der Waals surface area contributed by atoms with E-state index in [9.17, 15) is 17.2 Å². The topological polar surface area (TPSA) is 76.4 Å². The predicted molar refractivity (Wildman–Crippen MR) is 80.3 cm³/mol. The van der Waals surface area contributed by atoms with Crippen molar-refractivity contribution in [3.8, 4) is 0 Å². The van der Waals surface area contributed by atoms with Gasteiger partial charge in [0.25, 0.3) is 0 Å². The van der Waals surface area contributed by atoms with Crippen LogP contribution in [-0.4, -0.2) is 23.0 Å². The second-order valence-electron chi connectivity index (χ2n) is 5.03. The monoisotopic (exact) mass is 338 g/mol. The zero-order chi connectivity index (χ0) is 16.6. The first kappa shape index (κ1) is 15.3. The molecule has 0 saturated heterocycles. The van der Waals surface area contributed by atoms with Crippen molar-refractivity contribution in [2.45, 2.75) is 12.7 Å². The molecule has 23 heavy (non-hydrogen) atoms. The van der Waals surface area contributed by atoms with E-state index >= 15 is 0 Å². The van der Waals surface area contributed by atoms with Gasteiger partial charge in [0.1, 0.15) is 11.6 Å². The molecule has 0 aliphatic heterocycles. The molecule has 3 rings (SSSR count). The Hall–Kier alpha value is -2.55. The van der Waals surface area contributed by atoms with Gasteiger partial charge in [-0.3, -0.25) is 4.72 Å². The van der Waals surface area contributed by atoms with Gasteiger partial charge >= 0.3 is 0 Å². The van der Waals surface area contributed by atoms with Gasteiger partial charge in [-0.1, -0.05) is 0 Å². The van der Waals surface area contributed by atoms with Gasteiger partial charge in [0.15, 0.2) is 5.65 Å². The Balaban J connectivity index is 1.85. The van der Waals surface area contributed by atoms with E-state index in [-0.39, 0.29) is 11.3 Å². The summed E-state index contributed by atoms with van der Waals surface area (Å²) in [7, 11) is -3.93. The molecule has 0 aliphatic carbocycles. The molecule has 0 unspecified atom stereocenters. The van der Waals surface area contributed by atoms with E-state index < -0.39 is 27.4 Å². The highest BCUT2D eigenvalue weighted by Crippen LogP contribution is 2.16. The Labute approximate surface area is 130 Å². The van der Waals surface area contributed by atoms with Crippen molar-refractivity contribution in [3.05, 3.63) is 59.6 Å². The number of hydrogen-bond acceptors (Lipinski definition) is 4. The molecular weight excluding hydrogens is 326 g/mol. The van der Waals surface area contributed by atoms with E-state index in [0.29, 0.717) is 5.65 Å². The lowest BCUT2D eigenvalue weighted by molar-refractivity contribution is 0.581. The first-order valence-corrected chi connectivity index (χ1v) is 8.24. The number of aryl methyl sites for hydroxylation is 1. The Morgan fingerprint density at radius 2 is 2.04 bits per heavy atom. The molecule has 0 bridgehead atoms. The fraction of sp³-hybridized carbons (Fsp3) is 0.143. The zero-order valence-corrected chi connectivity index (χ0v) is 12.8. The Bertz CT molecular complexity index is 986. The molecule has 9 heteroatoms. The number of benzene rings is 1. The third-order valence-electron chi connectivity index (χ3n) is 3.06. The standard InChI is InChI=1S/C14H12F2N4O2S/c1-9-4-14-17-6-12(7-20(14)18-9)19-23(21,22)8-10-5-11(15)2-3-13(10)16/h2-7,19H,8H2,1H3. The zero-order valence-electron chi connectivity index (χ0n) is 12.0. The van der Waals surface area contributed by atoms with Crippen LogP contribution < -0.4 is 4.72 Å². The lowest BCUT2D eigenvalue weighted by atomic mass is 10.2. The van der Waals surface area contributed by atoms with Gasteiger partial charge in [0.2, 0.25) is 10.0 Å². The second-order valence-corrected chi connectivity index (χ2v) is 6.75. The van der Waals surface area contributed by atoms with Crippen LogP contribution in [0.4, 0.5) is 14.5 Å². The maximum atomic E-state index is 13.6. The van der Waals surface area contributed by atoms with Crippen LogP contribution in [0.5, 0.6) is 0 Å². The number of hydrogen-bond donors (Lipinski definition) is 1. The molecule has 0 fully saturated rings. The van der Waals surface area contributed by atoms with Gasteiger partial charge in [-0.15, -0.1) is 0 Å². The molecule has 1 N–H and O–H groups in total. The number of aromatic nitrogens is 3. The predicted octanol–water partition coefficient (Wildman–Crippen LogP) is 2.26. The summed E-state index contributed by atoms with van der Waals surface area (Å²) in [5.41, 5.74) is 1.24. The lowest BCUT2D eigenvalue weighted by Crippen LogP contribution is -2.16. The van der Waals surface area contributed by atoms with Gasteiger partial charge < -0.3 is 0 Å². The van der Waals surface area contributed by atoms with Crippen LogP contribution in [0.3, 0.4) is 0 Å². The summed E-state index contributed by atoms with van der Waals surface area (Å²) < 4.78 is 54.6. The third kappa shape index (κ3) is 3.45. The van der Waals surface area contributed by atoms with Crippen molar-refractivity contribution >= 4 is 21.4 Å². The number of nitrogens with one attached hydrogen (secondary N) is 1. The van der Waals surface area contributed by atoms with E-state index in [2.05, 4.69) is 14.8 Å². The summed E-state index contributed by atoms with van der Waals surface area (Å²) in [5.74, 6) is -2.17. The number of halogens is 2. The van der Waals surface area contributed by atoms with Crippen LogP contribution in [0.25, 0.3) is 5.65 Å². The fourth-order valence-electron chi connectivity index (χ4n) is 2.12. The molecule has 120 valence electrons. The Morgan fingerprint density at radius 3 is 2.83 bits per heavy atom. The SMILES string of the molecule is Cc1cc2ncc(NS(=O)(=O)Cc3cc(F)ccc3F)cn2n1. The van der Waals surface area contributed by atoms with Crippen molar-refractivity contribution in [1.29, 1.82) is 0 Å². The maximum Gasteiger partial charge on any atom is 0.237 e. The molecular formula is C14H12F2N4O2S. The van der Waals surface area contributed by atoms with E-state index in [1.54, 1.807) is 13.0 Å². The van der Waals surface area contributed by atoms with E-state index in [4.69, 9.17) is 0 Å². The first-order valence-electron chi connectivity index (χ1n) is 6.59. The summed E-state index contributed by atoms with van der Waals surface area (Å²) in [4.78, 5) is 4.06. The number of rotatable bonds is 4. The molecule has 0 amide bonds. The molecule has 1 aromatic carbocycles. The Kier molecular flexibility index (Phi) is 3.72. The van der Waals surface area contributed by atoms with Gasteiger partial charge in [0.05, 0.1) is 29.5 Å². The highest BCUT2D eigenvalue weighted by atomic mass is 32.2. The van der Waals surface area contributed by atoms with Crippen molar-refractivity contribution < 1.29 is 17.2 Å². The highest BCUT2D eigenvalue weighted by molar-refractivity contribution is 7.91. The van der Waals surface area contributed by atoms with Gasteiger partial charge in [-0.25, -0.2) is 26.7 Å². The molecule has 3 aromatic rings. The molecule has 0 spiro atoms. The van der Waals surface area contributed by atoms with Crippen LogP contribution in [0, 0.1) is 18.6 Å². The molecule has 0 aliphatic rings. The maximum absolute atomic E-state index is 13.6. The van der Waals surface area contributed by atoms with Crippen molar-refractivity contribution in [2.24, 2.45) is 0 Å². The van der Waals surface area contributed by atoms with Crippen LogP contribution in [0.2, 0.25) is 0 Å².